The van der Waals surface area contributed by atoms with Crippen LogP contribution in [-0.4, -0.2) is 18.2 Å². The van der Waals surface area contributed by atoms with Crippen molar-refractivity contribution < 1.29 is 13.9 Å². The number of rotatable bonds is 5. The summed E-state index contributed by atoms with van der Waals surface area (Å²) in [6.45, 7) is 0.495. The summed E-state index contributed by atoms with van der Waals surface area (Å²) in [5, 5.41) is 0.0176. The fourth-order valence-corrected chi connectivity index (χ4v) is 1.76. The molecule has 2 rings (SSSR count). The first-order valence-electron chi connectivity index (χ1n) is 5.49. The van der Waals surface area contributed by atoms with Crippen molar-refractivity contribution in [1.29, 1.82) is 0 Å². The normalized spacial score (nSPS) is 10.3. The molecule has 0 bridgehead atoms. The number of hydrogen-bond donors (Lipinski definition) is 0. The van der Waals surface area contributed by atoms with Gasteiger partial charge in [0.05, 0.1) is 5.02 Å². The van der Waals surface area contributed by atoms with Crippen LogP contribution in [0.3, 0.4) is 0 Å². The average molecular weight is 302 g/mol. The van der Waals surface area contributed by atoms with Gasteiger partial charge in [-0.1, -0.05) is 41.4 Å². The fourth-order valence-electron chi connectivity index (χ4n) is 1.34. The van der Waals surface area contributed by atoms with Gasteiger partial charge in [0.15, 0.2) is 0 Å². The van der Waals surface area contributed by atoms with Gasteiger partial charge in [0.1, 0.15) is 24.0 Å². The Labute approximate surface area is 119 Å². The predicted molar refractivity (Wildman–Crippen MR) is 71.6 cm³/mol. The quantitative estimate of drug-likeness (QED) is 0.618. The summed E-state index contributed by atoms with van der Waals surface area (Å²) in [7, 11) is 0. The largest absolute Gasteiger partial charge is 0.490 e. The van der Waals surface area contributed by atoms with E-state index in [4.69, 9.17) is 32.7 Å². The highest BCUT2D eigenvalue weighted by atomic mass is 35.5. The lowest BCUT2D eigenvalue weighted by atomic mass is 10.3. The highest BCUT2D eigenvalue weighted by molar-refractivity contribution is 6.35. The third-order valence-electron chi connectivity index (χ3n) is 2.19. The van der Waals surface area contributed by atoms with Crippen molar-refractivity contribution in [3.05, 3.63) is 52.4 Å². The molecule has 19 heavy (non-hydrogen) atoms. The van der Waals surface area contributed by atoms with Crippen LogP contribution in [0.5, 0.6) is 11.6 Å². The standard InChI is InChI=1S/C13H10Cl2FNO2/c14-10-8-11(15)13(17-12(10)16)19-7-6-18-9-4-2-1-3-5-9/h1-5,8H,6-7H2. The van der Waals surface area contributed by atoms with E-state index in [-0.39, 0.29) is 22.5 Å². The van der Waals surface area contributed by atoms with Crippen molar-refractivity contribution in [3.63, 3.8) is 0 Å². The Bertz CT molecular complexity index is 552. The summed E-state index contributed by atoms with van der Waals surface area (Å²) < 4.78 is 23.8. The number of aromatic nitrogens is 1. The first-order chi connectivity index (χ1) is 9.16. The van der Waals surface area contributed by atoms with E-state index in [0.717, 1.165) is 5.75 Å². The Kier molecular flexibility index (Phi) is 4.82. The number of para-hydroxylation sites is 1. The molecule has 0 unspecified atom stereocenters. The second-order valence-corrected chi connectivity index (χ2v) is 4.37. The van der Waals surface area contributed by atoms with Gasteiger partial charge in [0.25, 0.3) is 0 Å². The number of halogens is 3. The van der Waals surface area contributed by atoms with Crippen LogP contribution < -0.4 is 9.47 Å². The Balaban J connectivity index is 1.85. The average Bonchev–Trinajstić information content (AvgIpc) is 2.41. The van der Waals surface area contributed by atoms with E-state index < -0.39 is 5.95 Å². The lowest BCUT2D eigenvalue weighted by Gasteiger charge is -2.09. The molecule has 0 saturated carbocycles. The molecule has 0 spiro atoms. The summed E-state index contributed by atoms with van der Waals surface area (Å²) in [6, 6.07) is 10.5. The molecule has 100 valence electrons. The summed E-state index contributed by atoms with van der Waals surface area (Å²) >= 11 is 11.3. The third-order valence-corrected chi connectivity index (χ3v) is 2.72. The molecule has 6 heteroatoms. The molecule has 1 aromatic heterocycles. The van der Waals surface area contributed by atoms with Gasteiger partial charge in [0, 0.05) is 0 Å². The molecule has 2 aromatic rings. The minimum atomic E-state index is -0.815. The van der Waals surface area contributed by atoms with Crippen molar-refractivity contribution in [2.24, 2.45) is 0 Å². The summed E-state index contributed by atoms with van der Waals surface area (Å²) in [5.74, 6) is -0.0854. The Morgan fingerprint density at radius 2 is 1.68 bits per heavy atom. The number of benzene rings is 1. The van der Waals surface area contributed by atoms with Crippen molar-refractivity contribution in [2.45, 2.75) is 0 Å². The highest BCUT2D eigenvalue weighted by Gasteiger charge is 2.09. The first-order valence-corrected chi connectivity index (χ1v) is 6.24. The molecule has 0 aliphatic rings. The summed E-state index contributed by atoms with van der Waals surface area (Å²) in [4.78, 5) is 3.51. The molecular weight excluding hydrogens is 292 g/mol. The van der Waals surface area contributed by atoms with Crippen LogP contribution >= 0.6 is 23.2 Å². The maximum atomic E-state index is 13.1. The van der Waals surface area contributed by atoms with Crippen molar-refractivity contribution in [1.82, 2.24) is 4.98 Å². The molecule has 1 heterocycles. The zero-order valence-electron chi connectivity index (χ0n) is 9.78. The zero-order valence-corrected chi connectivity index (χ0v) is 11.3. The Morgan fingerprint density at radius 1 is 1.00 bits per heavy atom. The van der Waals surface area contributed by atoms with Gasteiger partial charge in [-0.05, 0) is 18.2 Å². The van der Waals surface area contributed by atoms with E-state index in [1.54, 1.807) is 0 Å². The van der Waals surface area contributed by atoms with Gasteiger partial charge in [-0.2, -0.15) is 9.37 Å². The van der Waals surface area contributed by atoms with Crippen LogP contribution in [0.15, 0.2) is 36.4 Å². The third kappa shape index (κ3) is 3.98. The molecule has 0 aliphatic carbocycles. The van der Waals surface area contributed by atoms with E-state index in [9.17, 15) is 4.39 Å². The van der Waals surface area contributed by atoms with Gasteiger partial charge >= 0.3 is 0 Å². The molecule has 3 nitrogen and oxygen atoms in total. The van der Waals surface area contributed by atoms with E-state index in [1.807, 2.05) is 30.3 Å². The molecule has 0 N–H and O–H groups in total. The minimum absolute atomic E-state index is 0.000211. The molecule has 0 aliphatic heterocycles. The van der Waals surface area contributed by atoms with Crippen molar-refractivity contribution in [3.8, 4) is 11.6 Å². The Morgan fingerprint density at radius 3 is 2.42 bits per heavy atom. The Hall–Kier alpha value is -1.52. The maximum absolute atomic E-state index is 13.1. The van der Waals surface area contributed by atoms with Crippen LogP contribution in [0.2, 0.25) is 10.0 Å². The lowest BCUT2D eigenvalue weighted by Crippen LogP contribution is -2.10. The molecule has 1 aromatic carbocycles. The van der Waals surface area contributed by atoms with E-state index in [2.05, 4.69) is 4.98 Å². The summed E-state index contributed by atoms with van der Waals surface area (Å²) in [5.41, 5.74) is 0. The van der Waals surface area contributed by atoms with Gasteiger partial charge in [-0.15, -0.1) is 0 Å². The molecule has 0 radical (unpaired) electrons. The molecule has 0 atom stereocenters. The first kappa shape index (κ1) is 13.9. The van der Waals surface area contributed by atoms with Gasteiger partial charge in [-0.25, -0.2) is 0 Å². The van der Waals surface area contributed by atoms with E-state index in [1.165, 1.54) is 6.07 Å². The minimum Gasteiger partial charge on any atom is -0.490 e. The molecule has 0 saturated heterocycles. The van der Waals surface area contributed by atoms with Crippen LogP contribution in [0.1, 0.15) is 0 Å². The number of pyridine rings is 1. The topological polar surface area (TPSA) is 31.4 Å². The second-order valence-electron chi connectivity index (χ2n) is 3.56. The maximum Gasteiger partial charge on any atom is 0.235 e. The predicted octanol–water partition coefficient (Wildman–Crippen LogP) is 3.99. The van der Waals surface area contributed by atoms with Gasteiger partial charge in [-0.3, -0.25) is 0 Å². The fraction of sp³-hybridized carbons (Fsp3) is 0.154. The molecule has 0 fully saturated rings. The number of hydrogen-bond acceptors (Lipinski definition) is 3. The van der Waals surface area contributed by atoms with Crippen molar-refractivity contribution in [2.75, 3.05) is 13.2 Å². The van der Waals surface area contributed by atoms with E-state index in [0.29, 0.717) is 6.61 Å². The van der Waals surface area contributed by atoms with E-state index >= 15 is 0 Å². The van der Waals surface area contributed by atoms with Gasteiger partial charge < -0.3 is 9.47 Å². The van der Waals surface area contributed by atoms with Crippen LogP contribution in [-0.2, 0) is 0 Å². The zero-order chi connectivity index (χ0) is 13.7. The molecule has 0 amide bonds. The number of nitrogens with zero attached hydrogens (tertiary/aromatic N) is 1. The monoisotopic (exact) mass is 301 g/mol. The van der Waals surface area contributed by atoms with Crippen LogP contribution in [0.4, 0.5) is 4.39 Å². The summed E-state index contributed by atoms with van der Waals surface area (Å²) in [6.07, 6.45) is 0. The van der Waals surface area contributed by atoms with Crippen LogP contribution in [0, 0.1) is 5.95 Å². The number of ether oxygens (including phenoxy) is 2. The van der Waals surface area contributed by atoms with Crippen molar-refractivity contribution >= 4 is 23.2 Å². The second kappa shape index (κ2) is 6.59. The van der Waals surface area contributed by atoms with Gasteiger partial charge in [0.2, 0.25) is 11.8 Å². The highest BCUT2D eigenvalue weighted by Crippen LogP contribution is 2.26. The lowest BCUT2D eigenvalue weighted by molar-refractivity contribution is 0.210. The molecular formula is C13H10Cl2FNO2. The van der Waals surface area contributed by atoms with Crippen LogP contribution in [0.25, 0.3) is 0 Å². The SMILES string of the molecule is Fc1nc(OCCOc2ccccc2)c(Cl)cc1Cl. The smallest absolute Gasteiger partial charge is 0.235 e.